The molecule has 0 aliphatic carbocycles. The molecule has 4 nitrogen and oxygen atoms in total. The van der Waals surface area contributed by atoms with Crippen molar-refractivity contribution in [3.63, 3.8) is 0 Å². The number of rotatable bonds is 3. The molecule has 0 fully saturated rings. The highest BCUT2D eigenvalue weighted by Crippen LogP contribution is 2.16. The van der Waals surface area contributed by atoms with E-state index < -0.39 is 5.82 Å². The Bertz CT molecular complexity index is 497. The minimum Gasteiger partial charge on any atom is -0.330 e. The third kappa shape index (κ3) is 2.05. The first-order valence-corrected chi connectivity index (χ1v) is 5.14. The Morgan fingerprint density at radius 1 is 1.44 bits per heavy atom. The van der Waals surface area contributed by atoms with Crippen LogP contribution in [0.25, 0.3) is 5.82 Å². The van der Waals surface area contributed by atoms with Crippen LogP contribution in [-0.4, -0.2) is 21.1 Å². The van der Waals surface area contributed by atoms with Gasteiger partial charge in [0.1, 0.15) is 5.82 Å². The Hall–Kier alpha value is -1.46. The number of imidazole rings is 1. The number of aromatic nitrogens is 3. The standard InChI is InChI=1S/C10H10ClFN4/c11-7-5-8(12)10(15-6-7)16-4-3-14-9(16)1-2-13/h3-6H,1-2,13H2. The topological polar surface area (TPSA) is 56.7 Å². The van der Waals surface area contributed by atoms with Gasteiger partial charge in [0, 0.05) is 25.0 Å². The molecule has 0 aromatic carbocycles. The number of nitrogens with two attached hydrogens (primary N) is 1. The summed E-state index contributed by atoms with van der Waals surface area (Å²) in [6, 6.07) is 1.22. The molecule has 2 heterocycles. The monoisotopic (exact) mass is 240 g/mol. The molecule has 16 heavy (non-hydrogen) atoms. The zero-order chi connectivity index (χ0) is 11.5. The summed E-state index contributed by atoms with van der Waals surface area (Å²) in [6.45, 7) is 0.451. The zero-order valence-electron chi connectivity index (χ0n) is 8.40. The summed E-state index contributed by atoms with van der Waals surface area (Å²) < 4.78 is 15.2. The van der Waals surface area contributed by atoms with Crippen LogP contribution >= 0.6 is 11.6 Å². The number of pyridine rings is 1. The summed E-state index contributed by atoms with van der Waals surface area (Å²) >= 11 is 5.63. The minimum atomic E-state index is -0.483. The lowest BCUT2D eigenvalue weighted by Gasteiger charge is -2.07. The van der Waals surface area contributed by atoms with Crippen molar-refractivity contribution in [2.75, 3.05) is 6.54 Å². The molecule has 2 rings (SSSR count). The highest BCUT2D eigenvalue weighted by molar-refractivity contribution is 6.30. The predicted octanol–water partition coefficient (Wildman–Crippen LogP) is 1.56. The number of hydrogen-bond donors (Lipinski definition) is 1. The van der Waals surface area contributed by atoms with E-state index >= 15 is 0 Å². The van der Waals surface area contributed by atoms with Crippen molar-refractivity contribution in [1.29, 1.82) is 0 Å². The van der Waals surface area contributed by atoms with Gasteiger partial charge in [-0.2, -0.15) is 0 Å². The highest BCUT2D eigenvalue weighted by Gasteiger charge is 2.10. The largest absolute Gasteiger partial charge is 0.330 e. The zero-order valence-corrected chi connectivity index (χ0v) is 9.15. The molecular weight excluding hydrogens is 231 g/mol. The summed E-state index contributed by atoms with van der Waals surface area (Å²) in [5.41, 5.74) is 5.44. The van der Waals surface area contributed by atoms with Crippen LogP contribution in [0, 0.1) is 5.82 Å². The third-order valence-electron chi connectivity index (χ3n) is 2.10. The maximum absolute atomic E-state index is 13.6. The van der Waals surface area contributed by atoms with Crippen LogP contribution in [0.1, 0.15) is 5.82 Å². The fourth-order valence-corrected chi connectivity index (χ4v) is 1.57. The van der Waals surface area contributed by atoms with E-state index in [9.17, 15) is 4.39 Å². The summed E-state index contributed by atoms with van der Waals surface area (Å²) in [4.78, 5) is 8.03. The second-order valence-electron chi connectivity index (χ2n) is 3.21. The fourth-order valence-electron chi connectivity index (χ4n) is 1.43. The first-order valence-electron chi connectivity index (χ1n) is 4.76. The van der Waals surface area contributed by atoms with E-state index in [1.54, 1.807) is 17.0 Å². The number of nitrogens with zero attached hydrogens (tertiary/aromatic N) is 3. The maximum atomic E-state index is 13.6. The van der Waals surface area contributed by atoms with Crippen LogP contribution in [-0.2, 0) is 6.42 Å². The molecule has 0 spiro atoms. The Kier molecular flexibility index (Phi) is 3.17. The lowest BCUT2D eigenvalue weighted by molar-refractivity contribution is 0.605. The van der Waals surface area contributed by atoms with Gasteiger partial charge in [-0.15, -0.1) is 0 Å². The first kappa shape index (κ1) is 11.0. The second kappa shape index (κ2) is 4.59. The van der Waals surface area contributed by atoms with Gasteiger partial charge in [-0.1, -0.05) is 11.6 Å². The van der Waals surface area contributed by atoms with Crippen LogP contribution in [0.4, 0.5) is 4.39 Å². The average molecular weight is 241 g/mol. The molecule has 0 bridgehead atoms. The van der Waals surface area contributed by atoms with Gasteiger partial charge in [0.25, 0.3) is 0 Å². The maximum Gasteiger partial charge on any atom is 0.174 e. The Labute approximate surface area is 96.9 Å². The summed E-state index contributed by atoms with van der Waals surface area (Å²) in [5, 5.41) is 0.266. The lowest BCUT2D eigenvalue weighted by Crippen LogP contribution is -2.10. The van der Waals surface area contributed by atoms with E-state index in [0.717, 1.165) is 0 Å². The van der Waals surface area contributed by atoms with Gasteiger partial charge in [-0.05, 0) is 12.6 Å². The Balaban J connectivity index is 2.46. The van der Waals surface area contributed by atoms with Gasteiger partial charge in [-0.3, -0.25) is 4.57 Å². The van der Waals surface area contributed by atoms with Gasteiger partial charge in [0.2, 0.25) is 0 Å². The highest BCUT2D eigenvalue weighted by atomic mass is 35.5. The minimum absolute atomic E-state index is 0.186. The van der Waals surface area contributed by atoms with Gasteiger partial charge >= 0.3 is 0 Å². The van der Waals surface area contributed by atoms with Crippen LogP contribution < -0.4 is 5.73 Å². The van der Waals surface area contributed by atoms with Crippen LogP contribution in [0.2, 0.25) is 5.02 Å². The van der Waals surface area contributed by atoms with Crippen LogP contribution in [0.3, 0.4) is 0 Å². The third-order valence-corrected chi connectivity index (χ3v) is 2.31. The molecule has 0 saturated carbocycles. The molecule has 2 aromatic heterocycles. The number of halogens is 2. The summed E-state index contributed by atoms with van der Waals surface area (Å²) in [7, 11) is 0. The normalized spacial score (nSPS) is 10.7. The molecule has 0 atom stereocenters. The molecule has 2 aromatic rings. The van der Waals surface area contributed by atoms with E-state index in [4.69, 9.17) is 17.3 Å². The predicted molar refractivity (Wildman–Crippen MR) is 59.1 cm³/mol. The SMILES string of the molecule is NCCc1nccn1-c1ncc(Cl)cc1F. The molecule has 0 amide bonds. The quantitative estimate of drug-likeness (QED) is 0.886. The van der Waals surface area contributed by atoms with Crippen molar-refractivity contribution in [3.05, 3.63) is 41.3 Å². The second-order valence-corrected chi connectivity index (χ2v) is 3.65. The summed E-state index contributed by atoms with van der Waals surface area (Å²) in [6.07, 6.45) is 5.19. The van der Waals surface area contributed by atoms with Gasteiger partial charge < -0.3 is 5.73 Å². The molecule has 0 aliphatic rings. The molecule has 0 aliphatic heterocycles. The van der Waals surface area contributed by atoms with Gasteiger partial charge in [0.15, 0.2) is 11.6 Å². The first-order chi connectivity index (χ1) is 7.72. The van der Waals surface area contributed by atoms with E-state index in [2.05, 4.69) is 9.97 Å². The van der Waals surface area contributed by atoms with Crippen LogP contribution in [0.5, 0.6) is 0 Å². The molecule has 0 radical (unpaired) electrons. The van der Waals surface area contributed by atoms with Crippen molar-refractivity contribution >= 4 is 11.6 Å². The Morgan fingerprint density at radius 2 is 2.25 bits per heavy atom. The van der Waals surface area contributed by atoms with Crippen LogP contribution in [0.15, 0.2) is 24.7 Å². The molecule has 2 N–H and O–H groups in total. The van der Waals surface area contributed by atoms with Gasteiger partial charge in [-0.25, -0.2) is 14.4 Å². The Morgan fingerprint density at radius 3 is 2.94 bits per heavy atom. The van der Waals surface area contributed by atoms with Crippen molar-refractivity contribution in [2.45, 2.75) is 6.42 Å². The summed E-state index contributed by atoms with van der Waals surface area (Å²) in [5.74, 6) is 0.380. The number of hydrogen-bond acceptors (Lipinski definition) is 3. The van der Waals surface area contributed by atoms with E-state index in [1.807, 2.05) is 0 Å². The van der Waals surface area contributed by atoms with E-state index in [0.29, 0.717) is 18.8 Å². The van der Waals surface area contributed by atoms with Gasteiger partial charge in [0.05, 0.1) is 5.02 Å². The van der Waals surface area contributed by atoms with Crippen molar-refractivity contribution in [3.8, 4) is 5.82 Å². The van der Waals surface area contributed by atoms with Crippen molar-refractivity contribution in [2.24, 2.45) is 5.73 Å². The molecular formula is C10H10ClFN4. The lowest BCUT2D eigenvalue weighted by atomic mass is 10.4. The smallest absolute Gasteiger partial charge is 0.174 e. The van der Waals surface area contributed by atoms with E-state index in [-0.39, 0.29) is 10.8 Å². The molecule has 0 saturated heterocycles. The van der Waals surface area contributed by atoms with Crippen molar-refractivity contribution in [1.82, 2.24) is 14.5 Å². The average Bonchev–Trinajstić information content (AvgIpc) is 2.67. The fraction of sp³-hybridized carbons (Fsp3) is 0.200. The molecule has 0 unspecified atom stereocenters. The molecule has 84 valence electrons. The van der Waals surface area contributed by atoms with Crippen molar-refractivity contribution < 1.29 is 4.39 Å². The molecule has 6 heteroatoms. The van der Waals surface area contributed by atoms with E-state index in [1.165, 1.54) is 12.3 Å².